The van der Waals surface area contributed by atoms with Crippen LogP contribution in [0.5, 0.6) is 0 Å². The molecule has 2 aliphatic rings. The van der Waals surface area contributed by atoms with Crippen LogP contribution in [0, 0.1) is 5.92 Å². The van der Waals surface area contributed by atoms with Gasteiger partial charge in [-0.1, -0.05) is 30.3 Å². The zero-order valence-corrected chi connectivity index (χ0v) is 19.4. The summed E-state index contributed by atoms with van der Waals surface area (Å²) in [6, 6.07) is 17.5. The first-order valence-corrected chi connectivity index (χ1v) is 13.5. The Bertz CT molecular complexity index is 964. The van der Waals surface area contributed by atoms with Gasteiger partial charge in [-0.15, -0.1) is 11.8 Å². The lowest BCUT2D eigenvalue weighted by Crippen LogP contribution is -2.39. The molecule has 2 aromatic rings. The van der Waals surface area contributed by atoms with Gasteiger partial charge >= 0.3 is 0 Å². The molecule has 0 atom stereocenters. The summed E-state index contributed by atoms with van der Waals surface area (Å²) in [5.41, 5.74) is 1.37. The van der Waals surface area contributed by atoms with Crippen molar-refractivity contribution in [1.82, 2.24) is 9.21 Å². The molecule has 2 fully saturated rings. The summed E-state index contributed by atoms with van der Waals surface area (Å²) in [5, 5.41) is 0. The zero-order valence-electron chi connectivity index (χ0n) is 17.8. The van der Waals surface area contributed by atoms with Crippen LogP contribution in [0.1, 0.15) is 31.2 Å². The fraction of sp³-hybridized carbons (Fsp3) is 0.458. The van der Waals surface area contributed by atoms with E-state index in [-0.39, 0.29) is 5.91 Å². The molecule has 0 bridgehead atoms. The number of carbonyl (C=O) groups excluding carboxylic acids is 1. The topological polar surface area (TPSA) is 57.7 Å². The quantitative estimate of drug-likeness (QED) is 0.588. The van der Waals surface area contributed by atoms with Crippen molar-refractivity contribution in [3.8, 4) is 0 Å². The van der Waals surface area contributed by atoms with Crippen molar-refractivity contribution < 1.29 is 13.2 Å². The summed E-state index contributed by atoms with van der Waals surface area (Å²) in [7, 11) is -3.38. The summed E-state index contributed by atoms with van der Waals surface area (Å²) in [6.45, 7) is 2.86. The first-order chi connectivity index (χ1) is 15.0. The van der Waals surface area contributed by atoms with Crippen molar-refractivity contribution in [2.45, 2.75) is 41.9 Å². The average Bonchev–Trinajstić information content (AvgIpc) is 3.35. The minimum atomic E-state index is -3.38. The highest BCUT2D eigenvalue weighted by Crippen LogP contribution is 2.26. The summed E-state index contributed by atoms with van der Waals surface area (Å²) < 4.78 is 26.8. The van der Waals surface area contributed by atoms with Crippen LogP contribution in [0.25, 0.3) is 0 Å². The molecule has 0 spiro atoms. The van der Waals surface area contributed by atoms with Gasteiger partial charge in [0.25, 0.3) is 0 Å². The van der Waals surface area contributed by atoms with Gasteiger partial charge in [-0.25, -0.2) is 8.42 Å². The molecule has 0 unspecified atom stereocenters. The number of sulfonamides is 1. The van der Waals surface area contributed by atoms with Crippen LogP contribution in [0.2, 0.25) is 0 Å². The third kappa shape index (κ3) is 5.70. The van der Waals surface area contributed by atoms with Gasteiger partial charge in [0.05, 0.1) is 10.6 Å². The summed E-state index contributed by atoms with van der Waals surface area (Å²) in [6.07, 6.45) is 5.05. The number of thioether (sulfide) groups is 1. The summed E-state index contributed by atoms with van der Waals surface area (Å²) >= 11 is 1.48. The van der Waals surface area contributed by atoms with Crippen molar-refractivity contribution in [2.75, 3.05) is 31.9 Å². The number of likely N-dealkylation sites (tertiary alicyclic amines) is 1. The summed E-state index contributed by atoms with van der Waals surface area (Å²) in [4.78, 5) is 15.9. The lowest BCUT2D eigenvalue weighted by molar-refractivity contribution is -0.129. The van der Waals surface area contributed by atoms with Gasteiger partial charge in [-0.05, 0) is 67.9 Å². The number of benzene rings is 2. The highest BCUT2D eigenvalue weighted by Gasteiger charge is 2.27. The van der Waals surface area contributed by atoms with Gasteiger partial charge in [0.15, 0.2) is 0 Å². The van der Waals surface area contributed by atoms with E-state index >= 15 is 0 Å². The Morgan fingerprint density at radius 3 is 2.19 bits per heavy atom. The Morgan fingerprint density at radius 1 is 0.903 bits per heavy atom. The van der Waals surface area contributed by atoms with Gasteiger partial charge in [-0.3, -0.25) is 4.79 Å². The monoisotopic (exact) mass is 458 g/mol. The molecular weight excluding hydrogens is 428 g/mol. The Morgan fingerprint density at radius 2 is 1.55 bits per heavy atom. The van der Waals surface area contributed by atoms with Crippen LogP contribution >= 0.6 is 11.8 Å². The molecule has 2 heterocycles. The number of hydrogen-bond donors (Lipinski definition) is 0. The van der Waals surface area contributed by atoms with Gasteiger partial charge in [0.1, 0.15) is 0 Å². The fourth-order valence-electron chi connectivity index (χ4n) is 4.36. The van der Waals surface area contributed by atoms with Crippen molar-refractivity contribution >= 4 is 27.7 Å². The molecule has 5 nitrogen and oxygen atoms in total. The van der Waals surface area contributed by atoms with Crippen molar-refractivity contribution in [2.24, 2.45) is 5.92 Å². The Labute approximate surface area is 189 Å². The van der Waals surface area contributed by atoms with Crippen molar-refractivity contribution in [3.63, 3.8) is 0 Å². The van der Waals surface area contributed by atoms with E-state index in [1.54, 1.807) is 16.4 Å². The largest absolute Gasteiger partial charge is 0.342 e. The van der Waals surface area contributed by atoms with E-state index in [9.17, 15) is 13.2 Å². The van der Waals surface area contributed by atoms with Gasteiger partial charge < -0.3 is 4.90 Å². The Hall–Kier alpha value is -1.83. The second-order valence-corrected chi connectivity index (χ2v) is 11.4. The zero-order chi connectivity index (χ0) is 21.7. The number of amides is 1. The smallest absolute Gasteiger partial charge is 0.243 e. The lowest BCUT2D eigenvalue weighted by Gasteiger charge is -2.32. The molecule has 166 valence electrons. The van der Waals surface area contributed by atoms with Crippen LogP contribution in [-0.4, -0.2) is 55.5 Å². The van der Waals surface area contributed by atoms with Crippen molar-refractivity contribution in [1.29, 1.82) is 0 Å². The van der Waals surface area contributed by atoms with E-state index in [2.05, 4.69) is 24.3 Å². The van der Waals surface area contributed by atoms with E-state index in [1.807, 2.05) is 23.1 Å². The maximum atomic E-state index is 12.6. The van der Waals surface area contributed by atoms with Crippen LogP contribution in [-0.2, 0) is 21.2 Å². The maximum absolute atomic E-state index is 12.6. The lowest BCUT2D eigenvalue weighted by atomic mass is 9.90. The molecule has 7 heteroatoms. The van der Waals surface area contributed by atoms with Gasteiger partial charge in [0.2, 0.25) is 15.9 Å². The van der Waals surface area contributed by atoms with Crippen LogP contribution in [0.4, 0.5) is 0 Å². The molecule has 0 aliphatic carbocycles. The average molecular weight is 459 g/mol. The third-order valence-electron chi connectivity index (χ3n) is 6.22. The Kier molecular flexibility index (Phi) is 7.35. The van der Waals surface area contributed by atoms with E-state index < -0.39 is 10.0 Å². The highest BCUT2D eigenvalue weighted by atomic mass is 32.2. The van der Waals surface area contributed by atoms with E-state index in [0.29, 0.717) is 29.7 Å². The molecule has 2 aliphatic heterocycles. The molecule has 0 N–H and O–H groups in total. The fourth-order valence-corrected chi connectivity index (χ4v) is 6.67. The van der Waals surface area contributed by atoms with Gasteiger partial charge in [-0.2, -0.15) is 4.31 Å². The molecule has 4 rings (SSSR count). The number of piperidine rings is 1. The Balaban J connectivity index is 1.24. The molecule has 31 heavy (non-hydrogen) atoms. The molecule has 0 saturated carbocycles. The minimum absolute atomic E-state index is 0.164. The first kappa shape index (κ1) is 22.4. The predicted octanol–water partition coefficient (Wildman–Crippen LogP) is 4.04. The number of carbonyl (C=O) groups is 1. The highest BCUT2D eigenvalue weighted by molar-refractivity contribution is 8.00. The number of nitrogens with zero attached hydrogens (tertiary/aromatic N) is 2. The van der Waals surface area contributed by atoms with Crippen molar-refractivity contribution in [3.05, 3.63) is 60.2 Å². The van der Waals surface area contributed by atoms with Crippen LogP contribution in [0.15, 0.2) is 64.4 Å². The third-order valence-corrected chi connectivity index (χ3v) is 9.13. The summed E-state index contributed by atoms with van der Waals surface area (Å²) in [5.74, 6) is 1.20. The van der Waals surface area contributed by atoms with Gasteiger partial charge in [0, 0.05) is 31.1 Å². The normalized spacial score (nSPS) is 18.4. The molecule has 0 aromatic heterocycles. The van der Waals surface area contributed by atoms with Crippen LogP contribution in [0.3, 0.4) is 0 Å². The maximum Gasteiger partial charge on any atom is 0.243 e. The molecule has 0 radical (unpaired) electrons. The number of rotatable bonds is 7. The molecule has 1 amide bonds. The van der Waals surface area contributed by atoms with E-state index in [0.717, 1.165) is 50.1 Å². The molecule has 2 aromatic carbocycles. The van der Waals surface area contributed by atoms with E-state index in [4.69, 9.17) is 0 Å². The predicted molar refractivity (Wildman–Crippen MR) is 125 cm³/mol. The second-order valence-electron chi connectivity index (χ2n) is 8.39. The van der Waals surface area contributed by atoms with Crippen LogP contribution < -0.4 is 0 Å². The first-order valence-electron chi connectivity index (χ1n) is 11.1. The molecular formula is C24H30N2O3S2. The standard InChI is InChI=1S/C24H30N2O3S2/c27-24(25-16-12-21(13-17-25)18-20-6-2-1-3-7-20)19-30-22-8-10-23(11-9-22)31(28,29)26-14-4-5-15-26/h1-3,6-11,21H,4-5,12-19H2. The number of hydrogen-bond acceptors (Lipinski definition) is 4. The van der Waals surface area contributed by atoms with E-state index in [1.165, 1.54) is 17.3 Å². The minimum Gasteiger partial charge on any atom is -0.342 e. The molecule has 2 saturated heterocycles. The SMILES string of the molecule is O=C(CSc1ccc(S(=O)(=O)N2CCCC2)cc1)N1CCC(Cc2ccccc2)CC1. The second kappa shape index (κ2) is 10.2.